The van der Waals surface area contributed by atoms with Crippen LogP contribution in [-0.2, 0) is 5.41 Å². The summed E-state index contributed by atoms with van der Waals surface area (Å²) in [5.41, 5.74) is 6.32. The zero-order valence-electron chi connectivity index (χ0n) is 9.86. The van der Waals surface area contributed by atoms with Gasteiger partial charge in [-0.3, -0.25) is 0 Å². The van der Waals surface area contributed by atoms with Crippen molar-refractivity contribution in [2.45, 2.75) is 32.2 Å². The van der Waals surface area contributed by atoms with Gasteiger partial charge in [0.25, 0.3) is 0 Å². The van der Waals surface area contributed by atoms with Gasteiger partial charge in [-0.1, -0.05) is 20.8 Å². The molecule has 1 atom stereocenters. The van der Waals surface area contributed by atoms with Gasteiger partial charge in [0.2, 0.25) is 0 Å². The Morgan fingerprint density at radius 2 is 2.00 bits per heavy atom. The number of rotatable bonds is 2. The highest BCUT2D eigenvalue weighted by molar-refractivity contribution is 7.12. The molecule has 0 aliphatic carbocycles. The van der Waals surface area contributed by atoms with E-state index in [1.54, 1.807) is 17.6 Å². The van der Waals surface area contributed by atoms with Gasteiger partial charge >= 0.3 is 0 Å². The molecule has 86 valence electrons. The molecule has 0 aromatic carbocycles. The molecule has 0 amide bonds. The lowest BCUT2D eigenvalue weighted by Gasteiger charge is -2.15. The third kappa shape index (κ3) is 2.20. The van der Waals surface area contributed by atoms with Gasteiger partial charge in [-0.25, -0.2) is 0 Å². The largest absolute Gasteiger partial charge is 0.467 e. The fraction of sp³-hybridized carbons (Fsp3) is 0.385. The first-order valence-corrected chi connectivity index (χ1v) is 6.19. The SMILES string of the molecule is CC(C)(C)c1ccc(C(N)c2ccco2)s1. The van der Waals surface area contributed by atoms with Crippen molar-refractivity contribution in [3.63, 3.8) is 0 Å². The number of nitrogens with two attached hydrogens (primary N) is 1. The van der Waals surface area contributed by atoms with E-state index in [9.17, 15) is 0 Å². The Morgan fingerprint density at radius 3 is 2.50 bits per heavy atom. The lowest BCUT2D eigenvalue weighted by Crippen LogP contribution is -2.09. The molecular weight excluding hydrogens is 218 g/mol. The second kappa shape index (κ2) is 4.07. The predicted octanol–water partition coefficient (Wildman–Crippen LogP) is 3.69. The maximum Gasteiger partial charge on any atom is 0.125 e. The Kier molecular flexibility index (Phi) is 2.91. The Morgan fingerprint density at radius 1 is 1.25 bits per heavy atom. The first-order chi connectivity index (χ1) is 7.48. The van der Waals surface area contributed by atoms with E-state index in [2.05, 4.69) is 32.9 Å². The minimum absolute atomic E-state index is 0.143. The van der Waals surface area contributed by atoms with Gasteiger partial charge in [0.15, 0.2) is 0 Å². The molecule has 0 fully saturated rings. The zero-order valence-corrected chi connectivity index (χ0v) is 10.7. The van der Waals surface area contributed by atoms with E-state index in [1.807, 2.05) is 12.1 Å². The van der Waals surface area contributed by atoms with Gasteiger partial charge in [-0.15, -0.1) is 11.3 Å². The lowest BCUT2D eigenvalue weighted by molar-refractivity contribution is 0.492. The number of thiophene rings is 1. The van der Waals surface area contributed by atoms with E-state index < -0.39 is 0 Å². The summed E-state index contributed by atoms with van der Waals surface area (Å²) in [6, 6.07) is 7.90. The molecule has 3 heteroatoms. The standard InChI is InChI=1S/C13H17NOS/c1-13(2,3)11-7-6-10(16-11)12(14)9-5-4-8-15-9/h4-8,12H,14H2,1-3H3. The van der Waals surface area contributed by atoms with Crippen LogP contribution in [-0.4, -0.2) is 0 Å². The first-order valence-electron chi connectivity index (χ1n) is 5.37. The van der Waals surface area contributed by atoms with E-state index in [-0.39, 0.29) is 11.5 Å². The minimum Gasteiger partial charge on any atom is -0.467 e. The molecule has 0 radical (unpaired) electrons. The molecule has 2 rings (SSSR count). The molecule has 2 N–H and O–H groups in total. The van der Waals surface area contributed by atoms with Gasteiger partial charge in [-0.2, -0.15) is 0 Å². The molecule has 0 saturated carbocycles. The van der Waals surface area contributed by atoms with E-state index in [1.165, 1.54) is 4.88 Å². The summed E-state index contributed by atoms with van der Waals surface area (Å²) in [5.74, 6) is 0.822. The summed E-state index contributed by atoms with van der Waals surface area (Å²) in [7, 11) is 0. The van der Waals surface area contributed by atoms with E-state index >= 15 is 0 Å². The van der Waals surface area contributed by atoms with Crippen molar-refractivity contribution in [1.82, 2.24) is 0 Å². The van der Waals surface area contributed by atoms with Crippen LogP contribution in [0.3, 0.4) is 0 Å². The second-order valence-corrected chi connectivity index (χ2v) is 6.06. The van der Waals surface area contributed by atoms with Crippen LogP contribution >= 0.6 is 11.3 Å². The summed E-state index contributed by atoms with van der Waals surface area (Å²) in [4.78, 5) is 2.50. The summed E-state index contributed by atoms with van der Waals surface area (Å²) >= 11 is 1.76. The van der Waals surface area contributed by atoms with Crippen molar-refractivity contribution in [1.29, 1.82) is 0 Å². The molecule has 2 heterocycles. The van der Waals surface area contributed by atoms with Crippen LogP contribution in [0.4, 0.5) is 0 Å². The molecule has 2 nitrogen and oxygen atoms in total. The van der Waals surface area contributed by atoms with Gasteiger partial charge in [0.1, 0.15) is 5.76 Å². The Hall–Kier alpha value is -1.06. The molecule has 1 unspecified atom stereocenters. The molecule has 0 bridgehead atoms. The summed E-state index contributed by atoms with van der Waals surface area (Å²) in [5, 5.41) is 0. The normalized spacial score (nSPS) is 14.0. The maximum atomic E-state index is 6.13. The smallest absolute Gasteiger partial charge is 0.125 e. The quantitative estimate of drug-likeness (QED) is 0.862. The Balaban J connectivity index is 2.26. The van der Waals surface area contributed by atoms with Crippen LogP contribution in [0, 0.1) is 0 Å². The average molecular weight is 235 g/mol. The molecule has 2 aromatic rings. The topological polar surface area (TPSA) is 39.2 Å². The number of hydrogen-bond donors (Lipinski definition) is 1. The van der Waals surface area contributed by atoms with Gasteiger partial charge in [-0.05, 0) is 29.7 Å². The highest BCUT2D eigenvalue weighted by Gasteiger charge is 2.19. The highest BCUT2D eigenvalue weighted by atomic mass is 32.1. The summed E-state index contributed by atoms with van der Waals surface area (Å²) < 4.78 is 5.33. The second-order valence-electron chi connectivity index (χ2n) is 4.95. The van der Waals surface area contributed by atoms with Crippen LogP contribution in [0.15, 0.2) is 34.9 Å². The van der Waals surface area contributed by atoms with E-state index in [0.717, 1.165) is 10.6 Å². The highest BCUT2D eigenvalue weighted by Crippen LogP contribution is 2.33. The van der Waals surface area contributed by atoms with Crippen molar-refractivity contribution in [2.24, 2.45) is 5.73 Å². The lowest BCUT2D eigenvalue weighted by atomic mass is 9.95. The van der Waals surface area contributed by atoms with E-state index in [4.69, 9.17) is 10.2 Å². The third-order valence-corrected chi connectivity index (χ3v) is 4.12. The summed E-state index contributed by atoms with van der Waals surface area (Å²) in [6.07, 6.45) is 1.66. The van der Waals surface area contributed by atoms with Gasteiger partial charge < -0.3 is 10.2 Å². The van der Waals surface area contributed by atoms with Gasteiger partial charge in [0.05, 0.1) is 12.3 Å². The van der Waals surface area contributed by atoms with Crippen molar-refractivity contribution >= 4 is 11.3 Å². The fourth-order valence-electron chi connectivity index (χ4n) is 1.53. The summed E-state index contributed by atoms with van der Waals surface area (Å²) in [6.45, 7) is 6.63. The van der Waals surface area contributed by atoms with Crippen LogP contribution in [0.25, 0.3) is 0 Å². The molecule has 0 spiro atoms. The fourth-order valence-corrected chi connectivity index (χ4v) is 2.61. The molecule has 0 aliphatic heterocycles. The minimum atomic E-state index is -0.143. The van der Waals surface area contributed by atoms with Crippen molar-refractivity contribution in [2.75, 3.05) is 0 Å². The number of furan rings is 1. The van der Waals surface area contributed by atoms with E-state index in [0.29, 0.717) is 0 Å². The molecular formula is C13H17NOS. The predicted molar refractivity (Wildman–Crippen MR) is 67.8 cm³/mol. The Labute approximate surface area is 100 Å². The number of hydrogen-bond acceptors (Lipinski definition) is 3. The molecule has 0 aliphatic rings. The maximum absolute atomic E-state index is 6.13. The molecule has 0 saturated heterocycles. The third-order valence-electron chi connectivity index (χ3n) is 2.52. The van der Waals surface area contributed by atoms with Gasteiger partial charge in [0, 0.05) is 9.75 Å². The van der Waals surface area contributed by atoms with Crippen LogP contribution in [0.5, 0.6) is 0 Å². The molecule has 2 aromatic heterocycles. The van der Waals surface area contributed by atoms with Crippen molar-refractivity contribution in [3.05, 3.63) is 46.0 Å². The zero-order chi connectivity index (χ0) is 11.8. The van der Waals surface area contributed by atoms with Crippen LogP contribution in [0.1, 0.15) is 42.3 Å². The van der Waals surface area contributed by atoms with Crippen molar-refractivity contribution < 1.29 is 4.42 Å². The average Bonchev–Trinajstić information content (AvgIpc) is 2.87. The first kappa shape index (κ1) is 11.4. The molecule has 16 heavy (non-hydrogen) atoms. The van der Waals surface area contributed by atoms with Crippen LogP contribution < -0.4 is 5.73 Å². The Bertz CT molecular complexity index is 450. The van der Waals surface area contributed by atoms with Crippen molar-refractivity contribution in [3.8, 4) is 0 Å². The van der Waals surface area contributed by atoms with Crippen LogP contribution in [0.2, 0.25) is 0 Å². The monoisotopic (exact) mass is 235 g/mol.